The van der Waals surface area contributed by atoms with Gasteiger partial charge in [-0.15, -0.1) is 0 Å². The summed E-state index contributed by atoms with van der Waals surface area (Å²) in [6.07, 6.45) is 4.06. The number of hydrogen-bond donors (Lipinski definition) is 1. The highest BCUT2D eigenvalue weighted by atomic mass is 15.0. The molecule has 0 radical (unpaired) electrons. The van der Waals surface area contributed by atoms with Crippen LogP contribution in [-0.2, 0) is 0 Å². The van der Waals surface area contributed by atoms with E-state index in [1.807, 2.05) is 0 Å². The lowest BCUT2D eigenvalue weighted by atomic mass is 9.93. The molecular formula is C12H23N. The largest absolute Gasteiger partial charge is 0.384 e. The van der Waals surface area contributed by atoms with Crippen molar-refractivity contribution in [3.63, 3.8) is 0 Å². The van der Waals surface area contributed by atoms with E-state index in [1.165, 1.54) is 25.0 Å². The van der Waals surface area contributed by atoms with Crippen LogP contribution in [0.1, 0.15) is 47.0 Å². The first-order chi connectivity index (χ1) is 5.90. The van der Waals surface area contributed by atoms with Gasteiger partial charge in [-0.25, -0.2) is 0 Å². The minimum atomic E-state index is 0.166. The molecule has 1 aliphatic carbocycles. The zero-order valence-electron chi connectivity index (χ0n) is 9.48. The number of hydrogen-bond acceptors (Lipinski definition) is 1. The van der Waals surface area contributed by atoms with Crippen LogP contribution >= 0.6 is 0 Å². The smallest absolute Gasteiger partial charge is 0.0286 e. The average molecular weight is 181 g/mol. The van der Waals surface area contributed by atoms with Gasteiger partial charge in [-0.2, -0.15) is 0 Å². The van der Waals surface area contributed by atoms with Crippen molar-refractivity contribution in [3.8, 4) is 0 Å². The molecule has 0 aliphatic heterocycles. The van der Waals surface area contributed by atoms with E-state index in [1.54, 1.807) is 0 Å². The van der Waals surface area contributed by atoms with Crippen LogP contribution in [0.25, 0.3) is 0 Å². The predicted molar refractivity (Wildman–Crippen MR) is 58.5 cm³/mol. The highest BCUT2D eigenvalue weighted by Crippen LogP contribution is 2.35. The van der Waals surface area contributed by atoms with E-state index in [4.69, 9.17) is 0 Å². The first-order valence-electron chi connectivity index (χ1n) is 5.37. The van der Waals surface area contributed by atoms with Crippen LogP contribution < -0.4 is 5.32 Å². The third-order valence-electron chi connectivity index (χ3n) is 2.84. The lowest BCUT2D eigenvalue weighted by Gasteiger charge is -2.28. The summed E-state index contributed by atoms with van der Waals surface area (Å²) in [7, 11) is 0. The Balaban J connectivity index is 2.48. The monoisotopic (exact) mass is 181 g/mol. The molecule has 0 spiro atoms. The van der Waals surface area contributed by atoms with E-state index in [2.05, 4.69) is 39.6 Å². The van der Waals surface area contributed by atoms with Crippen molar-refractivity contribution in [1.82, 2.24) is 5.32 Å². The molecule has 0 aromatic rings. The number of nitrogens with one attached hydrogen (secondary N) is 1. The molecule has 1 fully saturated rings. The van der Waals surface area contributed by atoms with Crippen LogP contribution in [0.15, 0.2) is 12.3 Å². The zero-order chi connectivity index (χ0) is 10.1. The van der Waals surface area contributed by atoms with E-state index in [0.717, 1.165) is 5.92 Å². The Morgan fingerprint density at radius 2 is 1.92 bits per heavy atom. The van der Waals surface area contributed by atoms with Gasteiger partial charge in [0.15, 0.2) is 0 Å². The third-order valence-corrected chi connectivity index (χ3v) is 2.84. The Morgan fingerprint density at radius 3 is 2.31 bits per heavy atom. The van der Waals surface area contributed by atoms with Gasteiger partial charge >= 0.3 is 0 Å². The van der Waals surface area contributed by atoms with Gasteiger partial charge in [-0.1, -0.05) is 26.3 Å². The molecule has 1 aliphatic rings. The van der Waals surface area contributed by atoms with Crippen molar-refractivity contribution in [3.05, 3.63) is 12.3 Å². The van der Waals surface area contributed by atoms with Crippen LogP contribution in [0, 0.1) is 11.8 Å². The molecule has 0 heterocycles. The Bertz CT molecular complexity index is 188. The van der Waals surface area contributed by atoms with Crippen LogP contribution in [0.4, 0.5) is 0 Å². The van der Waals surface area contributed by atoms with Gasteiger partial charge in [0.05, 0.1) is 0 Å². The molecule has 76 valence electrons. The van der Waals surface area contributed by atoms with Crippen LogP contribution in [0.5, 0.6) is 0 Å². The third kappa shape index (κ3) is 3.06. The Kier molecular flexibility index (Phi) is 3.05. The van der Waals surface area contributed by atoms with E-state index in [9.17, 15) is 0 Å². The zero-order valence-corrected chi connectivity index (χ0v) is 9.48. The van der Waals surface area contributed by atoms with Gasteiger partial charge in [0.2, 0.25) is 0 Å². The van der Waals surface area contributed by atoms with Crippen LogP contribution in [-0.4, -0.2) is 5.54 Å². The van der Waals surface area contributed by atoms with E-state index in [-0.39, 0.29) is 5.54 Å². The van der Waals surface area contributed by atoms with Gasteiger partial charge in [-0.05, 0) is 33.1 Å². The van der Waals surface area contributed by atoms with Crippen molar-refractivity contribution in [2.75, 3.05) is 0 Å². The first kappa shape index (κ1) is 10.6. The van der Waals surface area contributed by atoms with Crippen molar-refractivity contribution in [2.45, 2.75) is 52.5 Å². The summed E-state index contributed by atoms with van der Waals surface area (Å²) in [6, 6.07) is 0. The minimum Gasteiger partial charge on any atom is -0.384 e. The molecule has 13 heavy (non-hydrogen) atoms. The fourth-order valence-electron chi connectivity index (χ4n) is 2.24. The fraction of sp³-hybridized carbons (Fsp3) is 0.833. The van der Waals surface area contributed by atoms with Gasteiger partial charge in [0.1, 0.15) is 0 Å². The molecule has 1 saturated carbocycles. The Morgan fingerprint density at radius 1 is 1.31 bits per heavy atom. The van der Waals surface area contributed by atoms with Gasteiger partial charge in [-0.3, -0.25) is 0 Å². The molecule has 0 bridgehead atoms. The van der Waals surface area contributed by atoms with Crippen molar-refractivity contribution in [1.29, 1.82) is 0 Å². The van der Waals surface area contributed by atoms with Crippen molar-refractivity contribution in [2.24, 2.45) is 11.8 Å². The summed E-state index contributed by atoms with van der Waals surface area (Å²) >= 11 is 0. The standard InChI is InChI=1S/C12H23N/c1-9-7-6-8-11(9)10(2)13-12(3,4)5/h9,11,13H,2,6-8H2,1,3-5H3/t9?,11-/m1/s1. The lowest BCUT2D eigenvalue weighted by molar-refractivity contribution is 0.392. The second-order valence-corrected chi connectivity index (χ2v) is 5.41. The second-order valence-electron chi connectivity index (χ2n) is 5.41. The molecule has 0 aromatic carbocycles. The molecule has 1 heteroatoms. The summed E-state index contributed by atoms with van der Waals surface area (Å²) in [5.41, 5.74) is 1.41. The normalized spacial score (nSPS) is 28.9. The van der Waals surface area contributed by atoms with E-state index < -0.39 is 0 Å². The summed E-state index contributed by atoms with van der Waals surface area (Å²) in [5.74, 6) is 1.53. The average Bonchev–Trinajstić information content (AvgIpc) is 2.30. The second kappa shape index (κ2) is 3.73. The summed E-state index contributed by atoms with van der Waals surface area (Å²) < 4.78 is 0. The quantitative estimate of drug-likeness (QED) is 0.689. The minimum absolute atomic E-state index is 0.166. The molecule has 1 rings (SSSR count). The molecule has 2 atom stereocenters. The molecule has 0 amide bonds. The maximum Gasteiger partial charge on any atom is 0.0286 e. The Hall–Kier alpha value is -0.460. The molecule has 1 N–H and O–H groups in total. The van der Waals surface area contributed by atoms with E-state index in [0.29, 0.717) is 5.92 Å². The maximum absolute atomic E-state index is 4.16. The summed E-state index contributed by atoms with van der Waals surface area (Å²) in [6.45, 7) is 13.1. The van der Waals surface area contributed by atoms with Crippen LogP contribution in [0.3, 0.4) is 0 Å². The molecule has 0 saturated heterocycles. The first-order valence-corrected chi connectivity index (χ1v) is 5.37. The molecule has 1 nitrogen and oxygen atoms in total. The van der Waals surface area contributed by atoms with E-state index >= 15 is 0 Å². The predicted octanol–water partition coefficient (Wildman–Crippen LogP) is 3.32. The Labute approximate surface area is 82.6 Å². The maximum atomic E-state index is 4.16. The van der Waals surface area contributed by atoms with Gasteiger partial charge < -0.3 is 5.32 Å². The number of allylic oxidation sites excluding steroid dienone is 1. The fourth-order valence-corrected chi connectivity index (χ4v) is 2.24. The number of rotatable bonds is 2. The van der Waals surface area contributed by atoms with Crippen molar-refractivity contribution >= 4 is 0 Å². The van der Waals surface area contributed by atoms with Gasteiger partial charge in [0.25, 0.3) is 0 Å². The van der Waals surface area contributed by atoms with Crippen LogP contribution in [0.2, 0.25) is 0 Å². The summed E-state index contributed by atoms with van der Waals surface area (Å²) in [4.78, 5) is 0. The molecule has 1 unspecified atom stereocenters. The molecule has 0 aromatic heterocycles. The SMILES string of the molecule is C=C(NC(C)(C)C)[C@@H]1CCCC1C. The highest BCUT2D eigenvalue weighted by Gasteiger charge is 2.27. The molecular weight excluding hydrogens is 158 g/mol. The van der Waals surface area contributed by atoms with Gasteiger partial charge in [0, 0.05) is 17.2 Å². The topological polar surface area (TPSA) is 12.0 Å². The lowest BCUT2D eigenvalue weighted by Crippen LogP contribution is -2.37. The summed E-state index contributed by atoms with van der Waals surface area (Å²) in [5, 5.41) is 3.50. The highest BCUT2D eigenvalue weighted by molar-refractivity contribution is 5.05. The van der Waals surface area contributed by atoms with Crippen molar-refractivity contribution < 1.29 is 0 Å².